The summed E-state index contributed by atoms with van der Waals surface area (Å²) >= 11 is 0. The second-order valence-corrected chi connectivity index (χ2v) is 3.85. The lowest BCUT2D eigenvalue weighted by Gasteiger charge is -2.10. The summed E-state index contributed by atoms with van der Waals surface area (Å²) in [6.07, 6.45) is 1.79. The fourth-order valence-corrected chi connectivity index (χ4v) is 1.75. The van der Waals surface area contributed by atoms with Crippen LogP contribution < -0.4 is 5.32 Å². The van der Waals surface area contributed by atoms with Crippen molar-refractivity contribution in [2.75, 3.05) is 6.54 Å². The molecule has 0 saturated carbocycles. The molecule has 1 aromatic carbocycles. The molecule has 0 spiro atoms. The minimum Gasteiger partial charge on any atom is -0.460 e. The van der Waals surface area contributed by atoms with Crippen LogP contribution in [0.25, 0.3) is 0 Å². The zero-order valence-electron chi connectivity index (χ0n) is 8.91. The second kappa shape index (κ2) is 5.07. The molecular weight excluding hydrogens is 209 g/mol. The van der Waals surface area contributed by atoms with E-state index >= 15 is 0 Å². The van der Waals surface area contributed by atoms with Gasteiger partial charge < -0.3 is 10.1 Å². The van der Waals surface area contributed by atoms with Crippen LogP contribution >= 0.6 is 0 Å². The Balaban J connectivity index is 1.87. The molecule has 0 aliphatic carbocycles. The van der Waals surface area contributed by atoms with E-state index < -0.39 is 0 Å². The smallest absolute Gasteiger partial charge is 0.323 e. The van der Waals surface area contributed by atoms with Gasteiger partial charge >= 0.3 is 5.97 Å². The lowest BCUT2D eigenvalue weighted by atomic mass is 10.2. The highest BCUT2D eigenvalue weighted by Gasteiger charge is 2.23. The van der Waals surface area contributed by atoms with Gasteiger partial charge in [-0.15, -0.1) is 0 Å². The van der Waals surface area contributed by atoms with Gasteiger partial charge in [-0.3, -0.25) is 4.79 Å². The fraction of sp³-hybridized carbons (Fsp3) is 0.417. The van der Waals surface area contributed by atoms with Crippen LogP contribution in [0.1, 0.15) is 18.4 Å². The molecule has 1 aliphatic rings. The van der Waals surface area contributed by atoms with E-state index in [0.717, 1.165) is 19.4 Å². The van der Waals surface area contributed by atoms with Crippen LogP contribution in [-0.2, 0) is 16.1 Å². The lowest BCUT2D eigenvalue weighted by molar-refractivity contribution is -0.147. The highest BCUT2D eigenvalue weighted by molar-refractivity contribution is 5.76. The Morgan fingerprint density at radius 3 is 3.00 bits per heavy atom. The Labute approximate surface area is 93.6 Å². The van der Waals surface area contributed by atoms with Gasteiger partial charge in [0.2, 0.25) is 0 Å². The maximum atomic E-state index is 13.2. The Morgan fingerprint density at radius 2 is 2.31 bits per heavy atom. The molecule has 0 bridgehead atoms. The molecule has 86 valence electrons. The van der Waals surface area contributed by atoms with Crippen LogP contribution in [0, 0.1) is 5.82 Å². The van der Waals surface area contributed by atoms with E-state index in [0.29, 0.717) is 5.56 Å². The minimum absolute atomic E-state index is 0.00366. The first kappa shape index (κ1) is 11.1. The molecule has 0 amide bonds. The monoisotopic (exact) mass is 223 g/mol. The normalized spacial score (nSPS) is 19.7. The van der Waals surface area contributed by atoms with Crippen LogP contribution in [0.4, 0.5) is 4.39 Å². The van der Waals surface area contributed by atoms with Crippen molar-refractivity contribution in [1.82, 2.24) is 5.32 Å². The molecular formula is C12H14FNO2. The molecule has 4 heteroatoms. The number of hydrogen-bond donors (Lipinski definition) is 1. The SMILES string of the molecule is O=C(OCc1ccccc1F)[C@@H]1CCCN1. The van der Waals surface area contributed by atoms with Gasteiger partial charge in [0, 0.05) is 5.56 Å². The molecule has 16 heavy (non-hydrogen) atoms. The van der Waals surface area contributed by atoms with Crippen molar-refractivity contribution in [3.63, 3.8) is 0 Å². The summed E-state index contributed by atoms with van der Waals surface area (Å²) in [5.41, 5.74) is 0.411. The number of hydrogen-bond acceptors (Lipinski definition) is 3. The summed E-state index contributed by atoms with van der Waals surface area (Å²) in [7, 11) is 0. The van der Waals surface area contributed by atoms with Crippen LogP contribution in [-0.4, -0.2) is 18.6 Å². The molecule has 1 N–H and O–H groups in total. The first-order valence-electron chi connectivity index (χ1n) is 5.41. The van der Waals surface area contributed by atoms with Crippen molar-refractivity contribution in [2.24, 2.45) is 0 Å². The summed E-state index contributed by atoms with van der Waals surface area (Å²) in [6, 6.07) is 6.09. The predicted octanol–water partition coefficient (Wildman–Crippen LogP) is 1.62. The zero-order valence-corrected chi connectivity index (χ0v) is 8.91. The van der Waals surface area contributed by atoms with Gasteiger partial charge in [0.25, 0.3) is 0 Å². The molecule has 1 atom stereocenters. The van der Waals surface area contributed by atoms with E-state index in [2.05, 4.69) is 5.32 Å². The van der Waals surface area contributed by atoms with Crippen molar-refractivity contribution in [3.05, 3.63) is 35.6 Å². The number of carbonyl (C=O) groups excluding carboxylic acids is 1. The highest BCUT2D eigenvalue weighted by Crippen LogP contribution is 2.11. The summed E-state index contributed by atoms with van der Waals surface area (Å²) in [6.45, 7) is 0.850. The van der Waals surface area contributed by atoms with Crippen LogP contribution in [0.15, 0.2) is 24.3 Å². The zero-order chi connectivity index (χ0) is 11.4. The quantitative estimate of drug-likeness (QED) is 0.791. The van der Waals surface area contributed by atoms with Crippen LogP contribution in [0.3, 0.4) is 0 Å². The number of benzene rings is 1. The van der Waals surface area contributed by atoms with Crippen molar-refractivity contribution in [1.29, 1.82) is 0 Å². The molecule has 0 unspecified atom stereocenters. The highest BCUT2D eigenvalue weighted by atomic mass is 19.1. The number of nitrogens with one attached hydrogen (secondary N) is 1. The third-order valence-electron chi connectivity index (χ3n) is 2.67. The van der Waals surface area contributed by atoms with Crippen molar-refractivity contribution < 1.29 is 13.9 Å². The minimum atomic E-state index is -0.338. The van der Waals surface area contributed by atoms with E-state index in [4.69, 9.17) is 4.74 Å². The molecule has 1 aromatic rings. The number of esters is 1. The van der Waals surface area contributed by atoms with Crippen LogP contribution in [0.5, 0.6) is 0 Å². The van der Waals surface area contributed by atoms with Gasteiger partial charge in [-0.1, -0.05) is 18.2 Å². The standard InChI is InChI=1S/C12H14FNO2/c13-10-5-2-1-4-9(10)8-16-12(15)11-6-3-7-14-11/h1-2,4-5,11,14H,3,6-8H2/t11-/m0/s1. The van der Waals surface area contributed by atoms with Crippen LogP contribution in [0.2, 0.25) is 0 Å². The number of carbonyl (C=O) groups is 1. The maximum Gasteiger partial charge on any atom is 0.323 e. The Hall–Kier alpha value is -1.42. The van der Waals surface area contributed by atoms with Crippen molar-refractivity contribution in [2.45, 2.75) is 25.5 Å². The third kappa shape index (κ3) is 2.58. The van der Waals surface area contributed by atoms with Gasteiger partial charge in [0.1, 0.15) is 18.5 Å². The average Bonchev–Trinajstić information content (AvgIpc) is 2.81. The van der Waals surface area contributed by atoms with Gasteiger partial charge in [0.15, 0.2) is 0 Å². The molecule has 1 heterocycles. The average molecular weight is 223 g/mol. The number of ether oxygens (including phenoxy) is 1. The summed E-state index contributed by atoms with van der Waals surface area (Å²) in [4.78, 5) is 11.5. The van der Waals surface area contributed by atoms with Gasteiger partial charge in [-0.25, -0.2) is 4.39 Å². The Morgan fingerprint density at radius 1 is 1.50 bits per heavy atom. The molecule has 3 nitrogen and oxygen atoms in total. The summed E-state index contributed by atoms with van der Waals surface area (Å²) in [5, 5.41) is 3.04. The van der Waals surface area contributed by atoms with E-state index in [-0.39, 0.29) is 24.4 Å². The molecule has 2 rings (SSSR count). The molecule has 0 aromatic heterocycles. The molecule has 0 radical (unpaired) electrons. The Bertz CT molecular complexity index is 375. The second-order valence-electron chi connectivity index (χ2n) is 3.85. The molecule has 1 saturated heterocycles. The Kier molecular flexibility index (Phi) is 3.51. The molecule has 1 fully saturated rings. The first-order chi connectivity index (χ1) is 7.77. The lowest BCUT2D eigenvalue weighted by Crippen LogP contribution is -2.32. The van der Waals surface area contributed by atoms with Gasteiger partial charge in [-0.2, -0.15) is 0 Å². The topological polar surface area (TPSA) is 38.3 Å². The largest absolute Gasteiger partial charge is 0.460 e. The van der Waals surface area contributed by atoms with Gasteiger partial charge in [-0.05, 0) is 25.5 Å². The predicted molar refractivity (Wildman–Crippen MR) is 57.2 cm³/mol. The third-order valence-corrected chi connectivity index (χ3v) is 2.67. The maximum absolute atomic E-state index is 13.2. The summed E-state index contributed by atoms with van der Waals surface area (Å²) < 4.78 is 18.3. The van der Waals surface area contributed by atoms with Crippen molar-refractivity contribution in [3.8, 4) is 0 Å². The summed E-state index contributed by atoms with van der Waals surface area (Å²) in [5.74, 6) is -0.629. The van der Waals surface area contributed by atoms with E-state index in [1.165, 1.54) is 6.07 Å². The number of rotatable bonds is 3. The van der Waals surface area contributed by atoms with Gasteiger partial charge in [0.05, 0.1) is 0 Å². The molecule has 1 aliphatic heterocycles. The van der Waals surface area contributed by atoms with Crippen molar-refractivity contribution >= 4 is 5.97 Å². The number of halogens is 1. The van der Waals surface area contributed by atoms with E-state index in [9.17, 15) is 9.18 Å². The fourth-order valence-electron chi connectivity index (χ4n) is 1.75. The van der Waals surface area contributed by atoms with E-state index in [1.807, 2.05) is 0 Å². The first-order valence-corrected chi connectivity index (χ1v) is 5.41. The van der Waals surface area contributed by atoms with E-state index in [1.54, 1.807) is 18.2 Å².